The molecule has 2 fully saturated rings. The highest BCUT2D eigenvalue weighted by molar-refractivity contribution is 5.09. The van der Waals surface area contributed by atoms with E-state index in [1.807, 2.05) is 12.4 Å². The Hall–Kier alpha value is -1.01. The topological polar surface area (TPSA) is 37.8 Å². The molecule has 0 aliphatic carbocycles. The smallest absolute Gasteiger partial charge is 0.0828 e. The van der Waals surface area contributed by atoms with Crippen LogP contribution >= 0.6 is 0 Å². The zero-order valence-electron chi connectivity index (χ0n) is 12.6. The Bertz CT molecular complexity index is 409. The second-order valence-corrected chi connectivity index (χ2v) is 5.85. The lowest BCUT2D eigenvalue weighted by Gasteiger charge is -2.31. The first-order valence-electron chi connectivity index (χ1n) is 7.93. The summed E-state index contributed by atoms with van der Waals surface area (Å²) in [5.74, 6) is 0. The molecule has 2 saturated heterocycles. The quantitative estimate of drug-likeness (QED) is 0.827. The van der Waals surface area contributed by atoms with Gasteiger partial charge < -0.3 is 9.47 Å². The first kappa shape index (κ1) is 14.9. The van der Waals surface area contributed by atoms with Crippen molar-refractivity contribution in [1.82, 2.24) is 14.8 Å². The average molecular weight is 291 g/mol. The summed E-state index contributed by atoms with van der Waals surface area (Å²) < 4.78 is 11.5. The van der Waals surface area contributed by atoms with E-state index in [0.29, 0.717) is 6.10 Å². The van der Waals surface area contributed by atoms with Crippen LogP contribution in [0, 0.1) is 0 Å². The highest BCUT2D eigenvalue weighted by Crippen LogP contribution is 2.12. The minimum Gasteiger partial charge on any atom is -0.379 e. The van der Waals surface area contributed by atoms with Gasteiger partial charge in [0.05, 0.1) is 19.3 Å². The van der Waals surface area contributed by atoms with Gasteiger partial charge in [0.15, 0.2) is 0 Å². The Balaban J connectivity index is 1.53. The Kier molecular flexibility index (Phi) is 5.57. The minimum absolute atomic E-state index is 0.312. The first-order chi connectivity index (χ1) is 10.4. The van der Waals surface area contributed by atoms with Crippen LogP contribution in [0.1, 0.15) is 12.0 Å². The van der Waals surface area contributed by atoms with E-state index >= 15 is 0 Å². The van der Waals surface area contributed by atoms with Crippen molar-refractivity contribution in [2.75, 3.05) is 52.5 Å². The molecule has 5 nitrogen and oxygen atoms in total. The fourth-order valence-electron chi connectivity index (χ4n) is 3.04. The molecule has 1 aromatic rings. The molecular formula is C16H25N3O2. The van der Waals surface area contributed by atoms with Crippen LogP contribution in [0.15, 0.2) is 24.5 Å². The Morgan fingerprint density at radius 2 is 1.86 bits per heavy atom. The number of nitrogens with zero attached hydrogens (tertiary/aromatic N) is 3. The van der Waals surface area contributed by atoms with Gasteiger partial charge in [-0.05, 0) is 24.1 Å². The van der Waals surface area contributed by atoms with E-state index in [1.54, 1.807) is 0 Å². The van der Waals surface area contributed by atoms with Crippen LogP contribution in [0.25, 0.3) is 0 Å². The maximum atomic E-state index is 6.04. The summed E-state index contributed by atoms with van der Waals surface area (Å²) in [6, 6.07) is 4.20. The van der Waals surface area contributed by atoms with Crippen LogP contribution < -0.4 is 0 Å². The third-order valence-corrected chi connectivity index (χ3v) is 4.16. The van der Waals surface area contributed by atoms with E-state index in [-0.39, 0.29) is 0 Å². The molecule has 3 heterocycles. The third-order valence-electron chi connectivity index (χ3n) is 4.16. The molecule has 0 saturated carbocycles. The average Bonchev–Trinajstić information content (AvgIpc) is 2.74. The largest absolute Gasteiger partial charge is 0.379 e. The third kappa shape index (κ3) is 4.74. The Morgan fingerprint density at radius 1 is 1.05 bits per heavy atom. The zero-order valence-corrected chi connectivity index (χ0v) is 12.6. The highest BCUT2D eigenvalue weighted by atomic mass is 16.5. The summed E-state index contributed by atoms with van der Waals surface area (Å²) >= 11 is 0. The van der Waals surface area contributed by atoms with Crippen LogP contribution in [-0.2, 0) is 16.0 Å². The maximum absolute atomic E-state index is 6.04. The van der Waals surface area contributed by atoms with Crippen molar-refractivity contribution in [1.29, 1.82) is 0 Å². The van der Waals surface area contributed by atoms with Gasteiger partial charge in [0.1, 0.15) is 0 Å². The van der Waals surface area contributed by atoms with Crippen molar-refractivity contribution in [3.05, 3.63) is 30.1 Å². The van der Waals surface area contributed by atoms with Gasteiger partial charge in [-0.15, -0.1) is 0 Å². The van der Waals surface area contributed by atoms with Crippen molar-refractivity contribution in [2.45, 2.75) is 19.1 Å². The number of pyridine rings is 1. The van der Waals surface area contributed by atoms with Gasteiger partial charge >= 0.3 is 0 Å². The monoisotopic (exact) mass is 291 g/mol. The van der Waals surface area contributed by atoms with Crippen LogP contribution in [0.4, 0.5) is 0 Å². The summed E-state index contributed by atoms with van der Waals surface area (Å²) in [4.78, 5) is 9.06. The molecule has 3 rings (SSSR count). The molecule has 0 spiro atoms. The van der Waals surface area contributed by atoms with Gasteiger partial charge in [-0.25, -0.2) is 0 Å². The lowest BCUT2D eigenvalue weighted by Crippen LogP contribution is -2.44. The fraction of sp³-hybridized carbons (Fsp3) is 0.688. The number of hydrogen-bond acceptors (Lipinski definition) is 5. The normalized spacial score (nSPS) is 25.6. The van der Waals surface area contributed by atoms with E-state index in [4.69, 9.17) is 9.47 Å². The molecule has 2 aliphatic rings. The molecule has 0 amide bonds. The summed E-state index contributed by atoms with van der Waals surface area (Å²) in [5.41, 5.74) is 1.33. The van der Waals surface area contributed by atoms with Crippen molar-refractivity contribution in [2.24, 2.45) is 0 Å². The maximum Gasteiger partial charge on any atom is 0.0828 e. The second kappa shape index (κ2) is 7.84. The standard InChI is InChI=1S/C16H25N3O2/c1-6-19(12-15-2-4-17-5-3-15)14-16(21-9-1)13-18-7-10-20-11-8-18/h2-5,16H,1,6-14H2/t16-/m1/s1. The Labute approximate surface area is 126 Å². The van der Waals surface area contributed by atoms with Gasteiger partial charge in [-0.1, -0.05) is 0 Å². The molecule has 5 heteroatoms. The molecule has 116 valence electrons. The Morgan fingerprint density at radius 3 is 2.67 bits per heavy atom. The van der Waals surface area contributed by atoms with Gasteiger partial charge in [0, 0.05) is 58.3 Å². The predicted octanol–water partition coefficient (Wildman–Crippen LogP) is 1.00. The lowest BCUT2D eigenvalue weighted by atomic mass is 10.2. The van der Waals surface area contributed by atoms with Crippen molar-refractivity contribution in [3.8, 4) is 0 Å². The molecule has 0 unspecified atom stereocenters. The molecule has 1 aromatic heterocycles. The van der Waals surface area contributed by atoms with E-state index in [1.165, 1.54) is 5.56 Å². The van der Waals surface area contributed by atoms with E-state index in [9.17, 15) is 0 Å². The zero-order chi connectivity index (χ0) is 14.3. The summed E-state index contributed by atoms with van der Waals surface area (Å²) in [5, 5.41) is 0. The van der Waals surface area contributed by atoms with Crippen LogP contribution in [-0.4, -0.2) is 73.4 Å². The highest BCUT2D eigenvalue weighted by Gasteiger charge is 2.22. The number of hydrogen-bond donors (Lipinski definition) is 0. The molecule has 0 N–H and O–H groups in total. The van der Waals surface area contributed by atoms with E-state index in [0.717, 1.165) is 65.5 Å². The molecule has 2 aliphatic heterocycles. The van der Waals surface area contributed by atoms with E-state index < -0.39 is 0 Å². The lowest BCUT2D eigenvalue weighted by molar-refractivity contribution is -0.0122. The predicted molar refractivity (Wildman–Crippen MR) is 81.1 cm³/mol. The van der Waals surface area contributed by atoms with Gasteiger partial charge in [0.2, 0.25) is 0 Å². The number of morpholine rings is 1. The van der Waals surface area contributed by atoms with Gasteiger partial charge in [-0.3, -0.25) is 14.8 Å². The van der Waals surface area contributed by atoms with E-state index in [2.05, 4.69) is 26.9 Å². The van der Waals surface area contributed by atoms with Crippen LogP contribution in [0.3, 0.4) is 0 Å². The SMILES string of the molecule is c1cc(CN2CCCO[C@H](CN3CCOCC3)C2)ccn1. The van der Waals surface area contributed by atoms with Crippen molar-refractivity contribution < 1.29 is 9.47 Å². The number of ether oxygens (including phenoxy) is 2. The molecule has 21 heavy (non-hydrogen) atoms. The summed E-state index contributed by atoms with van der Waals surface area (Å²) in [6.45, 7) is 8.79. The number of rotatable bonds is 4. The minimum atomic E-state index is 0.312. The summed E-state index contributed by atoms with van der Waals surface area (Å²) in [7, 11) is 0. The molecule has 0 aromatic carbocycles. The molecule has 1 atom stereocenters. The molecule has 0 radical (unpaired) electrons. The van der Waals surface area contributed by atoms with Crippen molar-refractivity contribution >= 4 is 0 Å². The van der Waals surface area contributed by atoms with Gasteiger partial charge in [-0.2, -0.15) is 0 Å². The first-order valence-corrected chi connectivity index (χ1v) is 7.93. The van der Waals surface area contributed by atoms with Crippen LogP contribution in [0.5, 0.6) is 0 Å². The number of aromatic nitrogens is 1. The summed E-state index contributed by atoms with van der Waals surface area (Å²) in [6.07, 6.45) is 5.17. The van der Waals surface area contributed by atoms with Gasteiger partial charge in [0.25, 0.3) is 0 Å². The van der Waals surface area contributed by atoms with Crippen molar-refractivity contribution in [3.63, 3.8) is 0 Å². The molecule has 0 bridgehead atoms. The van der Waals surface area contributed by atoms with Crippen LogP contribution in [0.2, 0.25) is 0 Å². The second-order valence-electron chi connectivity index (χ2n) is 5.85. The molecular weight excluding hydrogens is 266 g/mol. The fourth-order valence-corrected chi connectivity index (χ4v) is 3.04.